The van der Waals surface area contributed by atoms with E-state index in [-0.39, 0.29) is 17.8 Å². The molecule has 1 unspecified atom stereocenters. The lowest BCUT2D eigenvalue weighted by molar-refractivity contribution is 0.0602. The SMILES string of the molecule is CCC(C)N(CCOC)C(=O)c1nn[nH]n1. The summed E-state index contributed by atoms with van der Waals surface area (Å²) in [6.45, 7) is 5.02. The number of aromatic amines is 1. The maximum atomic E-state index is 12.0. The van der Waals surface area contributed by atoms with Gasteiger partial charge in [-0.25, -0.2) is 0 Å². The number of nitrogens with one attached hydrogen (secondary N) is 1. The van der Waals surface area contributed by atoms with E-state index in [9.17, 15) is 4.79 Å². The third-order valence-corrected chi connectivity index (χ3v) is 2.46. The number of hydrogen-bond donors (Lipinski definition) is 1. The second-order valence-corrected chi connectivity index (χ2v) is 3.48. The fourth-order valence-corrected chi connectivity index (χ4v) is 1.31. The quantitative estimate of drug-likeness (QED) is 0.744. The summed E-state index contributed by atoms with van der Waals surface area (Å²) in [4.78, 5) is 13.7. The first-order valence-corrected chi connectivity index (χ1v) is 5.24. The molecule has 1 amide bonds. The molecule has 0 fully saturated rings. The molecule has 0 spiro atoms. The largest absolute Gasteiger partial charge is 0.383 e. The van der Waals surface area contributed by atoms with E-state index in [1.807, 2.05) is 13.8 Å². The van der Waals surface area contributed by atoms with E-state index < -0.39 is 0 Å². The zero-order valence-electron chi connectivity index (χ0n) is 9.80. The van der Waals surface area contributed by atoms with Crippen molar-refractivity contribution in [2.24, 2.45) is 0 Å². The predicted octanol–water partition coefficient (Wildman–Crippen LogP) is 0.0868. The van der Waals surface area contributed by atoms with E-state index >= 15 is 0 Å². The highest BCUT2D eigenvalue weighted by Gasteiger charge is 2.23. The van der Waals surface area contributed by atoms with Crippen LogP contribution in [0.1, 0.15) is 30.9 Å². The van der Waals surface area contributed by atoms with Crippen molar-refractivity contribution >= 4 is 5.91 Å². The van der Waals surface area contributed by atoms with Gasteiger partial charge in [0.2, 0.25) is 0 Å². The van der Waals surface area contributed by atoms with Crippen molar-refractivity contribution in [3.8, 4) is 0 Å². The van der Waals surface area contributed by atoms with Crippen LogP contribution in [0.3, 0.4) is 0 Å². The summed E-state index contributed by atoms with van der Waals surface area (Å²) in [5, 5.41) is 13.0. The zero-order chi connectivity index (χ0) is 12.0. The Labute approximate surface area is 94.2 Å². The molecule has 0 aliphatic heterocycles. The molecule has 1 N–H and O–H groups in total. The van der Waals surface area contributed by atoms with Crippen LogP contribution in [0.15, 0.2) is 0 Å². The van der Waals surface area contributed by atoms with E-state index in [0.717, 1.165) is 6.42 Å². The molecule has 0 aliphatic rings. The monoisotopic (exact) mass is 227 g/mol. The number of H-pyrrole nitrogens is 1. The molecular weight excluding hydrogens is 210 g/mol. The number of rotatable bonds is 6. The van der Waals surface area contributed by atoms with Gasteiger partial charge in [0.1, 0.15) is 0 Å². The number of methoxy groups -OCH3 is 1. The molecule has 0 saturated heterocycles. The minimum Gasteiger partial charge on any atom is -0.383 e. The number of carbonyl (C=O) groups is 1. The van der Waals surface area contributed by atoms with Crippen LogP contribution in [0.5, 0.6) is 0 Å². The van der Waals surface area contributed by atoms with E-state index in [4.69, 9.17) is 4.74 Å². The number of amides is 1. The molecule has 16 heavy (non-hydrogen) atoms. The number of ether oxygens (including phenoxy) is 1. The third-order valence-electron chi connectivity index (χ3n) is 2.46. The van der Waals surface area contributed by atoms with Crippen LogP contribution < -0.4 is 0 Å². The summed E-state index contributed by atoms with van der Waals surface area (Å²) in [5.74, 6) is -0.128. The van der Waals surface area contributed by atoms with Crippen LogP contribution in [0.25, 0.3) is 0 Å². The van der Waals surface area contributed by atoms with E-state index in [0.29, 0.717) is 13.2 Å². The summed E-state index contributed by atoms with van der Waals surface area (Å²) >= 11 is 0. The average Bonchev–Trinajstić information content (AvgIpc) is 2.82. The van der Waals surface area contributed by atoms with E-state index in [1.165, 1.54) is 0 Å². The van der Waals surface area contributed by atoms with Gasteiger partial charge in [-0.15, -0.1) is 10.2 Å². The maximum absolute atomic E-state index is 12.0. The van der Waals surface area contributed by atoms with Gasteiger partial charge in [-0.3, -0.25) is 4.79 Å². The number of nitrogens with zero attached hydrogens (tertiary/aromatic N) is 4. The van der Waals surface area contributed by atoms with Gasteiger partial charge in [-0.2, -0.15) is 5.21 Å². The van der Waals surface area contributed by atoms with Gasteiger partial charge in [0, 0.05) is 19.7 Å². The Morgan fingerprint density at radius 3 is 2.88 bits per heavy atom. The number of tetrazole rings is 1. The van der Waals surface area contributed by atoms with Crippen LogP contribution in [0.2, 0.25) is 0 Å². The van der Waals surface area contributed by atoms with Gasteiger partial charge in [0.25, 0.3) is 11.7 Å². The van der Waals surface area contributed by atoms with Gasteiger partial charge in [-0.05, 0) is 18.6 Å². The molecule has 1 atom stereocenters. The van der Waals surface area contributed by atoms with Crippen LogP contribution in [0.4, 0.5) is 0 Å². The molecule has 1 rings (SSSR count). The molecular formula is C9H17N5O2. The van der Waals surface area contributed by atoms with Crippen LogP contribution in [-0.4, -0.2) is 57.7 Å². The van der Waals surface area contributed by atoms with Crippen molar-refractivity contribution in [2.45, 2.75) is 26.3 Å². The molecule has 7 nitrogen and oxygen atoms in total. The van der Waals surface area contributed by atoms with Crippen LogP contribution in [0, 0.1) is 0 Å². The first-order valence-electron chi connectivity index (χ1n) is 5.24. The predicted molar refractivity (Wildman–Crippen MR) is 56.8 cm³/mol. The second-order valence-electron chi connectivity index (χ2n) is 3.48. The highest BCUT2D eigenvalue weighted by molar-refractivity contribution is 5.90. The van der Waals surface area contributed by atoms with Crippen molar-refractivity contribution in [2.75, 3.05) is 20.3 Å². The van der Waals surface area contributed by atoms with Crippen molar-refractivity contribution in [1.29, 1.82) is 0 Å². The minimum atomic E-state index is -0.222. The van der Waals surface area contributed by atoms with E-state index in [2.05, 4.69) is 20.6 Å². The topological polar surface area (TPSA) is 84.0 Å². The molecule has 0 radical (unpaired) electrons. The Balaban J connectivity index is 2.71. The average molecular weight is 227 g/mol. The molecule has 0 aliphatic carbocycles. The third kappa shape index (κ3) is 2.99. The highest BCUT2D eigenvalue weighted by atomic mass is 16.5. The molecule has 0 aromatic carbocycles. The zero-order valence-corrected chi connectivity index (χ0v) is 9.80. The highest BCUT2D eigenvalue weighted by Crippen LogP contribution is 2.06. The summed E-state index contributed by atoms with van der Waals surface area (Å²) in [7, 11) is 1.60. The van der Waals surface area contributed by atoms with Gasteiger partial charge in [-0.1, -0.05) is 6.92 Å². The van der Waals surface area contributed by atoms with Crippen molar-refractivity contribution in [3.05, 3.63) is 5.82 Å². The Hall–Kier alpha value is -1.50. The number of aromatic nitrogens is 4. The Bertz CT molecular complexity index is 314. The van der Waals surface area contributed by atoms with Crippen molar-refractivity contribution in [3.63, 3.8) is 0 Å². The first kappa shape index (κ1) is 12.6. The normalized spacial score (nSPS) is 12.4. The molecule has 7 heteroatoms. The molecule has 0 saturated carbocycles. The standard InChI is InChI=1S/C9H17N5O2/c1-4-7(2)14(5-6-16-3)9(15)8-10-12-13-11-8/h7H,4-6H2,1-3H3,(H,10,11,12,13). The summed E-state index contributed by atoms with van der Waals surface area (Å²) < 4.78 is 4.98. The van der Waals surface area contributed by atoms with Crippen molar-refractivity contribution < 1.29 is 9.53 Å². The lowest BCUT2D eigenvalue weighted by Crippen LogP contribution is -2.41. The Morgan fingerprint density at radius 1 is 1.62 bits per heavy atom. The van der Waals surface area contributed by atoms with Gasteiger partial charge in [0.05, 0.1) is 6.61 Å². The fraction of sp³-hybridized carbons (Fsp3) is 0.778. The molecule has 1 heterocycles. The fourth-order valence-electron chi connectivity index (χ4n) is 1.31. The number of hydrogen-bond acceptors (Lipinski definition) is 5. The minimum absolute atomic E-state index is 0.0939. The smallest absolute Gasteiger partial charge is 0.295 e. The first-order chi connectivity index (χ1) is 7.70. The lowest BCUT2D eigenvalue weighted by atomic mass is 10.2. The van der Waals surface area contributed by atoms with Crippen molar-refractivity contribution in [1.82, 2.24) is 25.5 Å². The molecule has 1 aromatic rings. The lowest BCUT2D eigenvalue weighted by Gasteiger charge is -2.26. The Kier molecular flexibility index (Phi) is 4.84. The Morgan fingerprint density at radius 2 is 2.38 bits per heavy atom. The molecule has 90 valence electrons. The van der Waals surface area contributed by atoms with E-state index in [1.54, 1.807) is 12.0 Å². The van der Waals surface area contributed by atoms with Crippen LogP contribution in [-0.2, 0) is 4.74 Å². The number of carbonyl (C=O) groups excluding carboxylic acids is 1. The van der Waals surface area contributed by atoms with Gasteiger partial charge >= 0.3 is 0 Å². The molecule has 1 aromatic heterocycles. The maximum Gasteiger partial charge on any atom is 0.295 e. The summed E-state index contributed by atoms with van der Waals surface area (Å²) in [6, 6.07) is 0.126. The second kappa shape index (κ2) is 6.16. The summed E-state index contributed by atoms with van der Waals surface area (Å²) in [6.07, 6.45) is 0.868. The van der Waals surface area contributed by atoms with Crippen LogP contribution >= 0.6 is 0 Å². The van der Waals surface area contributed by atoms with Gasteiger partial charge < -0.3 is 9.64 Å². The van der Waals surface area contributed by atoms with Gasteiger partial charge in [0.15, 0.2) is 0 Å². The summed E-state index contributed by atoms with van der Waals surface area (Å²) in [5.41, 5.74) is 0. The molecule has 0 bridgehead atoms.